The molecule has 0 aliphatic heterocycles. The Morgan fingerprint density at radius 3 is 2.25 bits per heavy atom. The number of rotatable bonds is 10. The summed E-state index contributed by atoms with van der Waals surface area (Å²) in [6, 6.07) is 0.608. The van der Waals surface area contributed by atoms with Crippen LogP contribution in [0.3, 0.4) is 0 Å². The number of aliphatic hydroxyl groups excluding tert-OH is 1. The number of nitrogens with one attached hydrogen (secondary N) is 1. The molecule has 0 aromatic rings. The van der Waals surface area contributed by atoms with Gasteiger partial charge in [-0.25, -0.2) is 0 Å². The highest BCUT2D eigenvalue weighted by Crippen LogP contribution is 2.29. The van der Waals surface area contributed by atoms with E-state index in [4.69, 9.17) is 5.11 Å². The summed E-state index contributed by atoms with van der Waals surface area (Å²) >= 11 is 0. The molecule has 0 aromatic heterocycles. The van der Waals surface area contributed by atoms with Crippen LogP contribution in [0.5, 0.6) is 0 Å². The molecule has 2 N–H and O–H groups in total. The molecule has 0 saturated heterocycles. The normalized spacial score (nSPS) is 14.1. The number of aliphatic hydroxyl groups is 1. The van der Waals surface area contributed by atoms with Crippen molar-refractivity contribution in [3.63, 3.8) is 0 Å². The summed E-state index contributed by atoms with van der Waals surface area (Å²) in [4.78, 5) is 0. The lowest BCUT2D eigenvalue weighted by Crippen LogP contribution is -2.38. The minimum atomic E-state index is 0.301. The molecule has 0 bridgehead atoms. The molecule has 0 aromatic carbocycles. The van der Waals surface area contributed by atoms with E-state index in [1.54, 1.807) is 0 Å². The number of unbranched alkanes of at least 4 members (excludes halogenated alkanes) is 1. The van der Waals surface area contributed by atoms with Gasteiger partial charge in [-0.05, 0) is 38.0 Å². The van der Waals surface area contributed by atoms with Gasteiger partial charge < -0.3 is 10.4 Å². The summed E-state index contributed by atoms with van der Waals surface area (Å²) in [6.07, 6.45) is 7.07. The maximum Gasteiger partial charge on any atom is 0.0436 e. The van der Waals surface area contributed by atoms with Crippen LogP contribution >= 0.6 is 0 Å². The molecule has 16 heavy (non-hydrogen) atoms. The van der Waals surface area contributed by atoms with Gasteiger partial charge in [0.15, 0.2) is 0 Å². The van der Waals surface area contributed by atoms with Crippen LogP contribution in [-0.4, -0.2) is 24.3 Å². The quantitative estimate of drug-likeness (QED) is 0.602. The second-order valence-corrected chi connectivity index (χ2v) is 5.10. The molecule has 98 valence electrons. The lowest BCUT2D eigenvalue weighted by molar-refractivity contribution is 0.159. The van der Waals surface area contributed by atoms with Gasteiger partial charge in [0, 0.05) is 19.2 Å². The van der Waals surface area contributed by atoms with Crippen molar-refractivity contribution >= 4 is 0 Å². The number of hydrogen-bond acceptors (Lipinski definition) is 2. The van der Waals surface area contributed by atoms with Crippen molar-refractivity contribution < 1.29 is 5.11 Å². The van der Waals surface area contributed by atoms with Crippen molar-refractivity contribution in [2.24, 2.45) is 5.41 Å². The van der Waals surface area contributed by atoms with Gasteiger partial charge in [0.2, 0.25) is 0 Å². The van der Waals surface area contributed by atoms with E-state index in [1.807, 2.05) is 0 Å². The van der Waals surface area contributed by atoms with Gasteiger partial charge in [-0.2, -0.15) is 0 Å². The number of hydrogen-bond donors (Lipinski definition) is 2. The molecule has 1 atom stereocenters. The lowest BCUT2D eigenvalue weighted by atomic mass is 9.79. The van der Waals surface area contributed by atoms with E-state index in [2.05, 4.69) is 33.0 Å². The van der Waals surface area contributed by atoms with Crippen molar-refractivity contribution in [2.45, 2.75) is 72.3 Å². The summed E-state index contributed by atoms with van der Waals surface area (Å²) < 4.78 is 0. The van der Waals surface area contributed by atoms with Crippen molar-refractivity contribution in [2.75, 3.05) is 13.2 Å². The summed E-state index contributed by atoms with van der Waals surface area (Å²) in [5.41, 5.74) is 0.301. The Balaban J connectivity index is 3.99. The van der Waals surface area contributed by atoms with Crippen LogP contribution in [-0.2, 0) is 0 Å². The van der Waals surface area contributed by atoms with Gasteiger partial charge in [0.25, 0.3) is 0 Å². The van der Waals surface area contributed by atoms with E-state index in [-0.39, 0.29) is 0 Å². The Morgan fingerprint density at radius 1 is 1.19 bits per heavy atom. The molecule has 0 fully saturated rings. The first-order valence-corrected chi connectivity index (χ1v) is 6.98. The molecule has 2 nitrogen and oxygen atoms in total. The van der Waals surface area contributed by atoms with Gasteiger partial charge in [-0.1, -0.05) is 33.6 Å². The van der Waals surface area contributed by atoms with Crippen LogP contribution in [0.25, 0.3) is 0 Å². The minimum Gasteiger partial charge on any atom is -0.396 e. The monoisotopic (exact) mass is 229 g/mol. The zero-order chi connectivity index (χ0) is 12.4. The molecule has 0 saturated carbocycles. The van der Waals surface area contributed by atoms with Crippen LogP contribution in [0, 0.1) is 5.41 Å². The van der Waals surface area contributed by atoms with Crippen molar-refractivity contribution in [3.05, 3.63) is 0 Å². The first-order valence-electron chi connectivity index (χ1n) is 6.98. The maximum atomic E-state index is 9.14. The molecule has 0 radical (unpaired) electrons. The fraction of sp³-hybridized carbons (Fsp3) is 1.00. The molecule has 0 rings (SSSR count). The topological polar surface area (TPSA) is 32.3 Å². The largest absolute Gasteiger partial charge is 0.396 e. The third-order valence-corrected chi connectivity index (χ3v) is 3.96. The lowest BCUT2D eigenvalue weighted by Gasteiger charge is -2.33. The van der Waals surface area contributed by atoms with E-state index in [0.29, 0.717) is 18.1 Å². The standard InChI is InChI=1S/C14H31NO/c1-5-8-9-13(4)15-12-14(6-2,7-3)10-11-16/h13,15-16H,5-12H2,1-4H3. The second kappa shape index (κ2) is 9.00. The Hall–Kier alpha value is -0.0800. The molecule has 0 aliphatic carbocycles. The molecule has 0 spiro atoms. The first-order chi connectivity index (χ1) is 7.64. The molecular formula is C14H31NO. The van der Waals surface area contributed by atoms with E-state index >= 15 is 0 Å². The second-order valence-electron chi connectivity index (χ2n) is 5.10. The van der Waals surface area contributed by atoms with Gasteiger partial charge in [0.1, 0.15) is 0 Å². The fourth-order valence-corrected chi connectivity index (χ4v) is 2.18. The van der Waals surface area contributed by atoms with Crippen LogP contribution in [0.15, 0.2) is 0 Å². The van der Waals surface area contributed by atoms with Crippen molar-refractivity contribution in [3.8, 4) is 0 Å². The van der Waals surface area contributed by atoms with Crippen LogP contribution in [0.4, 0.5) is 0 Å². The SMILES string of the molecule is CCCCC(C)NCC(CC)(CC)CCO. The molecule has 1 unspecified atom stereocenters. The third-order valence-electron chi connectivity index (χ3n) is 3.96. The summed E-state index contributed by atoms with van der Waals surface area (Å²) in [6.45, 7) is 10.3. The highest BCUT2D eigenvalue weighted by Gasteiger charge is 2.25. The average Bonchev–Trinajstić information content (AvgIpc) is 2.32. The van der Waals surface area contributed by atoms with Crippen LogP contribution in [0.2, 0.25) is 0 Å². The Kier molecular flexibility index (Phi) is 8.96. The average molecular weight is 229 g/mol. The van der Waals surface area contributed by atoms with E-state index in [9.17, 15) is 0 Å². The summed E-state index contributed by atoms with van der Waals surface area (Å²) in [5.74, 6) is 0. The minimum absolute atomic E-state index is 0.301. The smallest absolute Gasteiger partial charge is 0.0436 e. The van der Waals surface area contributed by atoms with E-state index < -0.39 is 0 Å². The predicted molar refractivity (Wildman–Crippen MR) is 71.7 cm³/mol. The predicted octanol–water partition coefficient (Wildman–Crippen LogP) is 3.34. The molecular weight excluding hydrogens is 198 g/mol. The zero-order valence-corrected chi connectivity index (χ0v) is 11.7. The fourth-order valence-electron chi connectivity index (χ4n) is 2.18. The zero-order valence-electron chi connectivity index (χ0n) is 11.7. The van der Waals surface area contributed by atoms with Gasteiger partial charge >= 0.3 is 0 Å². The summed E-state index contributed by atoms with van der Waals surface area (Å²) in [5, 5.41) is 12.8. The molecule has 0 amide bonds. The van der Waals surface area contributed by atoms with Crippen LogP contribution in [0.1, 0.15) is 66.2 Å². The summed E-state index contributed by atoms with van der Waals surface area (Å²) in [7, 11) is 0. The Labute approximate surface area is 102 Å². The van der Waals surface area contributed by atoms with Gasteiger partial charge in [0.05, 0.1) is 0 Å². The molecule has 0 heterocycles. The Morgan fingerprint density at radius 2 is 1.81 bits per heavy atom. The molecule has 2 heteroatoms. The van der Waals surface area contributed by atoms with E-state index in [1.165, 1.54) is 19.3 Å². The highest BCUT2D eigenvalue weighted by molar-refractivity contribution is 4.80. The highest BCUT2D eigenvalue weighted by atomic mass is 16.3. The van der Waals surface area contributed by atoms with Crippen LogP contribution < -0.4 is 5.32 Å². The van der Waals surface area contributed by atoms with Crippen molar-refractivity contribution in [1.82, 2.24) is 5.32 Å². The Bertz CT molecular complexity index is 155. The van der Waals surface area contributed by atoms with E-state index in [0.717, 1.165) is 25.8 Å². The van der Waals surface area contributed by atoms with Gasteiger partial charge in [-0.3, -0.25) is 0 Å². The maximum absolute atomic E-state index is 9.14. The van der Waals surface area contributed by atoms with Gasteiger partial charge in [-0.15, -0.1) is 0 Å². The first kappa shape index (κ1) is 15.9. The van der Waals surface area contributed by atoms with Crippen molar-refractivity contribution in [1.29, 1.82) is 0 Å². The molecule has 0 aliphatic rings. The third kappa shape index (κ3) is 5.86.